The number of Topliss-reactive ketones (excluding diaryl/α,β-unsaturated/α-hetero) is 1. The largest absolute Gasteiger partial charge is 0.456 e. The lowest BCUT2D eigenvalue weighted by Crippen LogP contribution is -2.61. The zero-order valence-electron chi connectivity index (χ0n) is 23.7. The van der Waals surface area contributed by atoms with Crippen LogP contribution in [-0.4, -0.2) is 75.8 Å². The van der Waals surface area contributed by atoms with Crippen molar-refractivity contribution in [2.75, 3.05) is 19.7 Å². The van der Waals surface area contributed by atoms with Gasteiger partial charge in [0, 0.05) is 37.7 Å². The molecule has 0 aromatic carbocycles. The number of hydrazine groups is 1. The third kappa shape index (κ3) is 9.74. The summed E-state index contributed by atoms with van der Waals surface area (Å²) in [5, 5.41) is 6.64. The molecule has 40 heavy (non-hydrogen) atoms. The first kappa shape index (κ1) is 32.4. The van der Waals surface area contributed by atoms with Crippen LogP contribution in [0.1, 0.15) is 58.9 Å². The van der Waals surface area contributed by atoms with Gasteiger partial charge in [0.2, 0.25) is 17.7 Å². The van der Waals surface area contributed by atoms with E-state index in [-0.39, 0.29) is 42.2 Å². The van der Waals surface area contributed by atoms with Crippen molar-refractivity contribution in [2.45, 2.75) is 78.9 Å². The number of nitrogens with zero attached hydrogens (tertiary/aromatic N) is 2. The van der Waals surface area contributed by atoms with Crippen LogP contribution in [0, 0.1) is 18.8 Å². The Kier molecular flexibility index (Phi) is 12.2. The van der Waals surface area contributed by atoms with Gasteiger partial charge in [-0.1, -0.05) is 27.7 Å². The van der Waals surface area contributed by atoms with Gasteiger partial charge in [-0.15, -0.1) is 0 Å². The van der Waals surface area contributed by atoms with Crippen molar-refractivity contribution < 1.29 is 28.7 Å². The predicted octanol–water partition coefficient (Wildman–Crippen LogP) is -0.854. The Bertz CT molecular complexity index is 1200. The van der Waals surface area contributed by atoms with E-state index in [1.165, 1.54) is 18.1 Å². The van der Waals surface area contributed by atoms with Crippen LogP contribution in [0.2, 0.25) is 0 Å². The Morgan fingerprint density at radius 2 is 1.82 bits per heavy atom. The van der Waals surface area contributed by atoms with Crippen LogP contribution in [0.5, 0.6) is 0 Å². The first-order chi connectivity index (χ1) is 18.8. The highest BCUT2D eigenvalue weighted by Gasteiger charge is 2.35. The van der Waals surface area contributed by atoms with Crippen LogP contribution in [0.3, 0.4) is 0 Å². The molecule has 2 atom stereocenters. The van der Waals surface area contributed by atoms with Crippen molar-refractivity contribution in [1.29, 1.82) is 0 Å². The second-order valence-corrected chi connectivity index (χ2v) is 10.6. The summed E-state index contributed by atoms with van der Waals surface area (Å²) in [5.41, 5.74) is 1.81. The van der Waals surface area contributed by atoms with Gasteiger partial charge in [-0.05, 0) is 31.6 Å². The van der Waals surface area contributed by atoms with Crippen molar-refractivity contribution in [2.24, 2.45) is 11.8 Å². The van der Waals surface area contributed by atoms with Crippen molar-refractivity contribution >= 4 is 29.5 Å². The molecule has 0 aliphatic carbocycles. The number of nitrogens with one attached hydrogen (secondary N) is 4. The second kappa shape index (κ2) is 15.1. The third-order valence-electron chi connectivity index (χ3n) is 6.25. The molecule has 2 heterocycles. The third-order valence-corrected chi connectivity index (χ3v) is 6.25. The number of amides is 3. The van der Waals surface area contributed by atoms with Crippen molar-refractivity contribution in [3.63, 3.8) is 0 Å². The highest BCUT2D eigenvalue weighted by Crippen LogP contribution is 2.14. The molecule has 0 spiro atoms. The molecule has 1 aliphatic rings. The van der Waals surface area contributed by atoms with Crippen LogP contribution in [-0.2, 0) is 35.3 Å². The monoisotopic (exact) mass is 564 g/mol. The molecule has 14 heteroatoms. The number of H-pyrrole nitrogens is 1. The zero-order chi connectivity index (χ0) is 30.0. The number of rotatable bonds is 13. The van der Waals surface area contributed by atoms with E-state index in [9.17, 15) is 33.6 Å². The number of hydrogen-bond acceptors (Lipinski definition) is 9. The van der Waals surface area contributed by atoms with Gasteiger partial charge in [-0.2, -0.15) is 0 Å². The Morgan fingerprint density at radius 1 is 1.12 bits per heavy atom. The molecule has 0 unspecified atom stereocenters. The van der Waals surface area contributed by atoms with E-state index in [0.29, 0.717) is 25.8 Å². The Morgan fingerprint density at radius 3 is 2.48 bits per heavy atom. The van der Waals surface area contributed by atoms with Gasteiger partial charge in [0.05, 0.1) is 6.04 Å². The Labute approximate surface area is 232 Å². The van der Waals surface area contributed by atoms with Gasteiger partial charge >= 0.3 is 11.7 Å². The van der Waals surface area contributed by atoms with Gasteiger partial charge in [0.25, 0.3) is 5.56 Å². The van der Waals surface area contributed by atoms with E-state index >= 15 is 0 Å². The normalized spacial score (nSPS) is 16.0. The standard InChI is InChI=1S/C26H40N6O8/c1-15(2)11-20(34)27-10-8-21(35)32-18(7-6-9-28-32)25(38)29-23(16(3)4)19(33)14-40-22(36)13-31-12-17(5)24(37)30-26(31)39/h12,15-16,18,23,28H,6-11,13-14H2,1-5H3,(H,27,34)(H,29,38)(H,30,37,39)/t18-,23+/m0/s1. The van der Waals surface area contributed by atoms with Gasteiger partial charge in [0.15, 0.2) is 12.4 Å². The number of carbonyl (C=O) groups is 5. The molecular weight excluding hydrogens is 524 g/mol. The van der Waals surface area contributed by atoms with E-state index in [2.05, 4.69) is 21.0 Å². The van der Waals surface area contributed by atoms with Crippen LogP contribution >= 0.6 is 0 Å². The minimum Gasteiger partial charge on any atom is -0.456 e. The van der Waals surface area contributed by atoms with E-state index < -0.39 is 54.1 Å². The summed E-state index contributed by atoms with van der Waals surface area (Å²) < 4.78 is 6.00. The van der Waals surface area contributed by atoms with E-state index in [1.807, 2.05) is 13.8 Å². The lowest BCUT2D eigenvalue weighted by molar-refractivity contribution is -0.150. The fourth-order valence-electron chi connectivity index (χ4n) is 4.15. The molecule has 14 nitrogen and oxygen atoms in total. The molecular formula is C26H40N6O8. The minimum absolute atomic E-state index is 0.00101. The number of ether oxygens (including phenoxy) is 1. The second-order valence-electron chi connectivity index (χ2n) is 10.6. The zero-order valence-corrected chi connectivity index (χ0v) is 23.7. The topological polar surface area (TPSA) is 189 Å². The number of aromatic nitrogens is 2. The van der Waals surface area contributed by atoms with Crippen LogP contribution in [0.25, 0.3) is 0 Å². The van der Waals surface area contributed by atoms with Crippen LogP contribution in [0.15, 0.2) is 15.8 Å². The van der Waals surface area contributed by atoms with E-state index in [4.69, 9.17) is 4.74 Å². The Balaban J connectivity index is 1.95. The summed E-state index contributed by atoms with van der Waals surface area (Å²) in [4.78, 5) is 88.4. The molecule has 0 saturated carbocycles. The lowest BCUT2D eigenvalue weighted by atomic mass is 9.98. The lowest BCUT2D eigenvalue weighted by Gasteiger charge is -2.36. The average Bonchev–Trinajstić information content (AvgIpc) is 2.88. The number of aryl methyl sites for hydroxylation is 1. The molecule has 1 aromatic heterocycles. The summed E-state index contributed by atoms with van der Waals surface area (Å²) in [6.45, 7) is 8.24. The molecule has 4 N–H and O–H groups in total. The molecule has 222 valence electrons. The first-order valence-corrected chi connectivity index (χ1v) is 13.4. The number of hydrogen-bond donors (Lipinski definition) is 4. The fourth-order valence-corrected chi connectivity index (χ4v) is 4.15. The van der Waals surface area contributed by atoms with Gasteiger partial charge in [-0.3, -0.25) is 43.3 Å². The maximum Gasteiger partial charge on any atom is 0.328 e. The van der Waals surface area contributed by atoms with Crippen LogP contribution < -0.4 is 27.3 Å². The number of esters is 1. The molecule has 3 amide bonds. The first-order valence-electron chi connectivity index (χ1n) is 13.4. The summed E-state index contributed by atoms with van der Waals surface area (Å²) >= 11 is 0. The summed E-state index contributed by atoms with van der Waals surface area (Å²) in [6.07, 6.45) is 2.58. The van der Waals surface area contributed by atoms with Gasteiger partial charge < -0.3 is 15.4 Å². The highest BCUT2D eigenvalue weighted by molar-refractivity contribution is 5.94. The molecule has 1 aromatic rings. The quantitative estimate of drug-likeness (QED) is 0.221. The number of ketones is 1. The minimum atomic E-state index is -0.993. The molecule has 2 rings (SSSR count). The molecule has 0 radical (unpaired) electrons. The smallest absolute Gasteiger partial charge is 0.328 e. The maximum atomic E-state index is 13.2. The SMILES string of the molecule is Cc1cn(CC(=O)OCC(=O)[C@H](NC(=O)[C@@H]2CCCNN2C(=O)CCNC(=O)CC(C)C)C(C)C)c(=O)[nH]c1=O. The maximum absolute atomic E-state index is 13.2. The van der Waals surface area contributed by atoms with Gasteiger partial charge in [0.1, 0.15) is 12.6 Å². The highest BCUT2D eigenvalue weighted by atomic mass is 16.5. The van der Waals surface area contributed by atoms with Crippen LogP contribution in [0.4, 0.5) is 0 Å². The average molecular weight is 565 g/mol. The van der Waals surface area contributed by atoms with Crippen molar-refractivity contribution in [1.82, 2.24) is 30.6 Å². The predicted molar refractivity (Wildman–Crippen MR) is 144 cm³/mol. The van der Waals surface area contributed by atoms with E-state index in [1.54, 1.807) is 13.8 Å². The van der Waals surface area contributed by atoms with Crippen molar-refractivity contribution in [3.8, 4) is 0 Å². The van der Waals surface area contributed by atoms with Gasteiger partial charge in [-0.25, -0.2) is 10.2 Å². The van der Waals surface area contributed by atoms with Crippen molar-refractivity contribution in [3.05, 3.63) is 32.6 Å². The Hall–Kier alpha value is -3.81. The molecule has 0 bridgehead atoms. The number of carbonyl (C=O) groups excluding carboxylic acids is 5. The fraction of sp³-hybridized carbons (Fsp3) is 0.654. The van der Waals surface area contributed by atoms with E-state index in [0.717, 1.165) is 4.57 Å². The molecule has 1 aliphatic heterocycles. The summed E-state index contributed by atoms with van der Waals surface area (Å²) in [7, 11) is 0. The molecule has 1 fully saturated rings. The number of aromatic amines is 1. The summed E-state index contributed by atoms with van der Waals surface area (Å²) in [6, 6.07) is -1.85. The summed E-state index contributed by atoms with van der Waals surface area (Å²) in [5.74, 6) is -2.63. The molecule has 1 saturated heterocycles.